The zero-order valence-corrected chi connectivity index (χ0v) is 12.9. The van der Waals surface area contributed by atoms with Crippen molar-refractivity contribution < 1.29 is 4.74 Å². The van der Waals surface area contributed by atoms with Gasteiger partial charge in [0.15, 0.2) is 0 Å². The van der Waals surface area contributed by atoms with Gasteiger partial charge in [0, 0.05) is 42.9 Å². The highest BCUT2D eigenvalue weighted by atomic mass is 32.1. The van der Waals surface area contributed by atoms with Gasteiger partial charge in [-0.25, -0.2) is 15.0 Å². The standard InChI is InChI=1S/C16H16N4OS/c1-2-4-14-13(3-1)15(19-11-18-14)20-8-5-12(6-9-20)21-16-17-7-10-22-16/h1-4,7,10-12H,5-6,8-9H2. The molecule has 0 bridgehead atoms. The van der Waals surface area contributed by atoms with E-state index in [-0.39, 0.29) is 6.10 Å². The Balaban J connectivity index is 1.49. The van der Waals surface area contributed by atoms with Crippen molar-refractivity contribution in [3.8, 4) is 5.19 Å². The molecule has 0 N–H and O–H groups in total. The van der Waals surface area contributed by atoms with Crippen LogP contribution in [0.4, 0.5) is 5.82 Å². The summed E-state index contributed by atoms with van der Waals surface area (Å²) in [6, 6.07) is 8.16. The molecule has 0 aliphatic carbocycles. The van der Waals surface area contributed by atoms with Crippen molar-refractivity contribution in [3.63, 3.8) is 0 Å². The van der Waals surface area contributed by atoms with Crippen molar-refractivity contribution in [1.29, 1.82) is 0 Å². The summed E-state index contributed by atoms with van der Waals surface area (Å²) in [6.07, 6.45) is 5.64. The summed E-state index contributed by atoms with van der Waals surface area (Å²) in [7, 11) is 0. The number of fused-ring (bicyclic) bond motifs is 1. The largest absolute Gasteiger partial charge is 0.467 e. The van der Waals surface area contributed by atoms with Crippen LogP contribution in [0.25, 0.3) is 10.9 Å². The van der Waals surface area contributed by atoms with E-state index in [9.17, 15) is 0 Å². The average Bonchev–Trinajstić information content (AvgIpc) is 3.08. The topological polar surface area (TPSA) is 51.1 Å². The fourth-order valence-electron chi connectivity index (χ4n) is 2.84. The van der Waals surface area contributed by atoms with Crippen LogP contribution >= 0.6 is 11.3 Å². The minimum atomic E-state index is 0.246. The van der Waals surface area contributed by atoms with Gasteiger partial charge in [0.25, 0.3) is 5.19 Å². The predicted molar refractivity (Wildman–Crippen MR) is 87.5 cm³/mol. The summed E-state index contributed by atoms with van der Waals surface area (Å²) in [5.74, 6) is 1.03. The van der Waals surface area contributed by atoms with Gasteiger partial charge in [-0.05, 0) is 12.1 Å². The highest BCUT2D eigenvalue weighted by Gasteiger charge is 2.23. The van der Waals surface area contributed by atoms with Crippen LogP contribution in [0.2, 0.25) is 0 Å². The molecule has 5 nitrogen and oxygen atoms in total. The van der Waals surface area contributed by atoms with Crippen molar-refractivity contribution in [2.75, 3.05) is 18.0 Å². The predicted octanol–water partition coefficient (Wildman–Crippen LogP) is 3.13. The van der Waals surface area contributed by atoms with Gasteiger partial charge in [-0.3, -0.25) is 0 Å². The molecule has 22 heavy (non-hydrogen) atoms. The van der Waals surface area contributed by atoms with Gasteiger partial charge in [-0.2, -0.15) is 0 Å². The number of benzene rings is 1. The molecular formula is C16H16N4OS. The zero-order valence-electron chi connectivity index (χ0n) is 12.1. The van der Waals surface area contributed by atoms with Crippen LogP contribution in [0.5, 0.6) is 5.19 Å². The van der Waals surface area contributed by atoms with E-state index >= 15 is 0 Å². The maximum absolute atomic E-state index is 5.91. The summed E-state index contributed by atoms with van der Waals surface area (Å²) in [6.45, 7) is 1.88. The first-order chi connectivity index (χ1) is 10.9. The van der Waals surface area contributed by atoms with Crippen LogP contribution < -0.4 is 9.64 Å². The van der Waals surface area contributed by atoms with Gasteiger partial charge >= 0.3 is 0 Å². The van der Waals surface area contributed by atoms with E-state index in [2.05, 4.69) is 25.9 Å². The number of rotatable bonds is 3. The van der Waals surface area contributed by atoms with Gasteiger partial charge < -0.3 is 9.64 Å². The fraction of sp³-hybridized carbons (Fsp3) is 0.312. The summed E-state index contributed by atoms with van der Waals surface area (Å²) < 4.78 is 5.91. The van der Waals surface area contributed by atoms with Gasteiger partial charge in [0.2, 0.25) is 0 Å². The van der Waals surface area contributed by atoms with Crippen LogP contribution in [0, 0.1) is 0 Å². The molecule has 0 unspecified atom stereocenters. The molecule has 112 valence electrons. The Morgan fingerprint density at radius 3 is 2.77 bits per heavy atom. The number of anilines is 1. The van der Waals surface area contributed by atoms with E-state index in [1.807, 2.05) is 23.6 Å². The van der Waals surface area contributed by atoms with Crippen LogP contribution in [-0.2, 0) is 0 Å². The number of ether oxygens (including phenoxy) is 1. The number of thiazole rings is 1. The Kier molecular flexibility index (Phi) is 3.60. The van der Waals surface area contributed by atoms with E-state index in [0.717, 1.165) is 47.8 Å². The Bertz CT molecular complexity index is 748. The molecule has 4 rings (SSSR count). The maximum Gasteiger partial charge on any atom is 0.273 e. The Morgan fingerprint density at radius 1 is 1.09 bits per heavy atom. The van der Waals surface area contributed by atoms with Gasteiger partial charge in [0.1, 0.15) is 18.2 Å². The molecular weight excluding hydrogens is 296 g/mol. The summed E-state index contributed by atoms with van der Waals surface area (Å²) in [4.78, 5) is 15.3. The van der Waals surface area contributed by atoms with Crippen LogP contribution in [-0.4, -0.2) is 34.1 Å². The molecule has 0 spiro atoms. The lowest BCUT2D eigenvalue weighted by Gasteiger charge is -2.32. The molecule has 0 radical (unpaired) electrons. The van der Waals surface area contributed by atoms with E-state index in [1.54, 1.807) is 23.9 Å². The lowest BCUT2D eigenvalue weighted by atomic mass is 10.1. The Morgan fingerprint density at radius 2 is 1.95 bits per heavy atom. The third kappa shape index (κ3) is 2.62. The highest BCUT2D eigenvalue weighted by Crippen LogP contribution is 2.27. The number of hydrogen-bond acceptors (Lipinski definition) is 6. The molecule has 1 saturated heterocycles. The number of aromatic nitrogens is 3. The molecule has 6 heteroatoms. The average molecular weight is 312 g/mol. The third-order valence-corrected chi connectivity index (χ3v) is 4.60. The molecule has 3 aromatic rings. The highest BCUT2D eigenvalue weighted by molar-refractivity contribution is 7.11. The van der Waals surface area contributed by atoms with Gasteiger partial charge in [-0.15, -0.1) is 0 Å². The van der Waals surface area contributed by atoms with Crippen molar-refractivity contribution >= 4 is 28.1 Å². The molecule has 1 aliphatic rings. The van der Waals surface area contributed by atoms with E-state index in [1.165, 1.54) is 0 Å². The summed E-state index contributed by atoms with van der Waals surface area (Å²) in [5, 5.41) is 3.83. The SMILES string of the molecule is c1ccc2c(N3CCC(Oc4nccs4)CC3)ncnc2c1. The molecule has 1 fully saturated rings. The molecule has 1 aromatic carbocycles. The number of nitrogens with zero attached hydrogens (tertiary/aromatic N) is 4. The van der Waals surface area contributed by atoms with Crippen molar-refractivity contribution in [3.05, 3.63) is 42.2 Å². The van der Waals surface area contributed by atoms with E-state index in [0.29, 0.717) is 0 Å². The van der Waals surface area contributed by atoms with Crippen LogP contribution in [0.3, 0.4) is 0 Å². The molecule has 0 amide bonds. The first-order valence-electron chi connectivity index (χ1n) is 7.41. The fourth-order valence-corrected chi connectivity index (χ4v) is 3.39. The second-order valence-corrected chi connectivity index (χ2v) is 6.17. The Labute approximate surface area is 132 Å². The molecule has 3 heterocycles. The third-order valence-electron chi connectivity index (χ3n) is 3.94. The van der Waals surface area contributed by atoms with Crippen LogP contribution in [0.1, 0.15) is 12.8 Å². The molecule has 0 saturated carbocycles. The maximum atomic E-state index is 5.91. The van der Waals surface area contributed by atoms with Crippen LogP contribution in [0.15, 0.2) is 42.2 Å². The molecule has 2 aromatic heterocycles. The smallest absolute Gasteiger partial charge is 0.273 e. The monoisotopic (exact) mass is 312 g/mol. The second kappa shape index (κ2) is 5.88. The normalized spacial score (nSPS) is 16.1. The van der Waals surface area contributed by atoms with Crippen molar-refractivity contribution in [1.82, 2.24) is 15.0 Å². The number of piperidine rings is 1. The summed E-state index contributed by atoms with van der Waals surface area (Å²) >= 11 is 1.55. The quantitative estimate of drug-likeness (QED) is 0.743. The minimum absolute atomic E-state index is 0.246. The first kappa shape index (κ1) is 13.5. The summed E-state index contributed by atoms with van der Waals surface area (Å²) in [5.41, 5.74) is 0.994. The lowest BCUT2D eigenvalue weighted by Crippen LogP contribution is -2.38. The van der Waals surface area contributed by atoms with Gasteiger partial charge in [-0.1, -0.05) is 23.5 Å². The molecule has 1 aliphatic heterocycles. The first-order valence-corrected chi connectivity index (χ1v) is 8.29. The van der Waals surface area contributed by atoms with E-state index < -0.39 is 0 Å². The molecule has 0 atom stereocenters. The second-order valence-electron chi connectivity index (χ2n) is 5.32. The zero-order chi connectivity index (χ0) is 14.8. The lowest BCUT2D eigenvalue weighted by molar-refractivity contribution is 0.170. The number of hydrogen-bond donors (Lipinski definition) is 0. The van der Waals surface area contributed by atoms with Crippen molar-refractivity contribution in [2.24, 2.45) is 0 Å². The number of para-hydroxylation sites is 1. The minimum Gasteiger partial charge on any atom is -0.467 e. The van der Waals surface area contributed by atoms with Crippen molar-refractivity contribution in [2.45, 2.75) is 18.9 Å². The Hall–Kier alpha value is -2.21. The van der Waals surface area contributed by atoms with E-state index in [4.69, 9.17) is 4.74 Å². The van der Waals surface area contributed by atoms with Gasteiger partial charge in [0.05, 0.1) is 5.52 Å².